The molecule has 150 valence electrons. The van der Waals surface area contributed by atoms with Crippen molar-refractivity contribution in [3.05, 3.63) is 24.3 Å². The number of rotatable bonds is 4. The van der Waals surface area contributed by atoms with E-state index in [1.165, 1.54) is 0 Å². The number of urea groups is 1. The van der Waals surface area contributed by atoms with E-state index < -0.39 is 15.8 Å². The zero-order valence-electron chi connectivity index (χ0n) is 15.3. The van der Waals surface area contributed by atoms with Gasteiger partial charge in [0.15, 0.2) is 9.84 Å². The van der Waals surface area contributed by atoms with Crippen molar-refractivity contribution in [1.29, 1.82) is 0 Å². The van der Waals surface area contributed by atoms with E-state index in [2.05, 4.69) is 10.6 Å². The molecular formula is C18H22N4O5S. The lowest BCUT2D eigenvalue weighted by Gasteiger charge is -2.23. The normalized spacial score (nSPS) is 26.6. The van der Waals surface area contributed by atoms with Crippen LogP contribution in [0.5, 0.6) is 0 Å². The lowest BCUT2D eigenvalue weighted by molar-refractivity contribution is -0.129. The van der Waals surface area contributed by atoms with Crippen LogP contribution in [0, 0.1) is 5.92 Å². The van der Waals surface area contributed by atoms with Gasteiger partial charge in [0.1, 0.15) is 0 Å². The lowest BCUT2D eigenvalue weighted by Crippen LogP contribution is -2.38. The zero-order valence-corrected chi connectivity index (χ0v) is 16.1. The number of sulfone groups is 1. The maximum Gasteiger partial charge on any atom is 0.321 e. The van der Waals surface area contributed by atoms with Crippen molar-refractivity contribution in [3.63, 3.8) is 0 Å². The molecule has 0 aliphatic carbocycles. The van der Waals surface area contributed by atoms with E-state index in [-0.39, 0.29) is 48.4 Å². The van der Waals surface area contributed by atoms with Gasteiger partial charge in [-0.2, -0.15) is 0 Å². The maximum atomic E-state index is 12.6. The molecule has 0 aromatic heterocycles. The molecule has 3 heterocycles. The molecule has 3 aliphatic rings. The highest BCUT2D eigenvalue weighted by Crippen LogP contribution is 2.28. The van der Waals surface area contributed by atoms with Gasteiger partial charge in [-0.1, -0.05) is 6.07 Å². The first-order valence-electron chi connectivity index (χ1n) is 9.28. The first kappa shape index (κ1) is 18.7. The topological polar surface area (TPSA) is 116 Å². The van der Waals surface area contributed by atoms with Crippen molar-refractivity contribution in [2.24, 2.45) is 5.92 Å². The Bertz CT molecular complexity index is 932. The first-order chi connectivity index (χ1) is 13.3. The molecule has 1 aromatic rings. The van der Waals surface area contributed by atoms with Gasteiger partial charge in [-0.05, 0) is 24.6 Å². The molecule has 28 heavy (non-hydrogen) atoms. The number of carbonyl (C=O) groups excluding carboxylic acids is 3. The fourth-order valence-electron chi connectivity index (χ4n) is 4.00. The third-order valence-corrected chi connectivity index (χ3v) is 7.21. The van der Waals surface area contributed by atoms with Gasteiger partial charge >= 0.3 is 6.03 Å². The van der Waals surface area contributed by atoms with Crippen molar-refractivity contribution in [3.8, 4) is 0 Å². The van der Waals surface area contributed by atoms with Crippen molar-refractivity contribution >= 4 is 39.1 Å². The summed E-state index contributed by atoms with van der Waals surface area (Å²) in [4.78, 5) is 39.9. The highest BCUT2D eigenvalue weighted by molar-refractivity contribution is 7.91. The van der Waals surface area contributed by atoms with Crippen molar-refractivity contribution in [2.45, 2.75) is 18.9 Å². The molecule has 0 radical (unpaired) electrons. The van der Waals surface area contributed by atoms with E-state index in [4.69, 9.17) is 0 Å². The summed E-state index contributed by atoms with van der Waals surface area (Å²) >= 11 is 0. The number of nitrogens with one attached hydrogen (secondary N) is 2. The molecule has 0 spiro atoms. The average Bonchev–Trinajstić information content (AvgIpc) is 3.33. The van der Waals surface area contributed by atoms with Gasteiger partial charge in [0, 0.05) is 43.5 Å². The quantitative estimate of drug-likeness (QED) is 0.741. The molecule has 3 fully saturated rings. The standard InChI is InChI=1S/C18H22N4O5S/c23-16-8-12(10-22(16)15-4-7-28(26,27)11-15)17(24)20-13-2-1-3-14(9-13)21-6-5-19-18(21)25/h1-3,9,12,15H,4-8,10-11H2,(H,19,25)(H,20,24)/t12-,15+/m0/s1. The summed E-state index contributed by atoms with van der Waals surface area (Å²) < 4.78 is 23.4. The van der Waals surface area contributed by atoms with E-state index in [1.54, 1.807) is 34.1 Å². The summed E-state index contributed by atoms with van der Waals surface area (Å²) in [6, 6.07) is 6.50. The molecule has 4 amide bonds. The number of anilines is 2. The van der Waals surface area contributed by atoms with E-state index in [0.29, 0.717) is 30.9 Å². The Labute approximate surface area is 163 Å². The summed E-state index contributed by atoms with van der Waals surface area (Å²) in [5.41, 5.74) is 1.24. The van der Waals surface area contributed by atoms with Crippen molar-refractivity contribution < 1.29 is 22.8 Å². The fraction of sp³-hybridized carbons (Fsp3) is 0.500. The molecule has 3 aliphatic heterocycles. The summed E-state index contributed by atoms with van der Waals surface area (Å²) in [6.45, 7) is 1.37. The van der Waals surface area contributed by atoms with Crippen LogP contribution >= 0.6 is 0 Å². The van der Waals surface area contributed by atoms with Crippen molar-refractivity contribution in [2.75, 3.05) is 41.4 Å². The van der Waals surface area contributed by atoms with Crippen LogP contribution in [-0.2, 0) is 19.4 Å². The van der Waals surface area contributed by atoms with Crippen LogP contribution in [-0.4, -0.2) is 68.3 Å². The average molecular weight is 406 g/mol. The third kappa shape index (κ3) is 3.68. The van der Waals surface area contributed by atoms with E-state index in [0.717, 1.165) is 0 Å². The number of nitrogens with zero attached hydrogens (tertiary/aromatic N) is 2. The molecule has 0 unspecified atom stereocenters. The smallest absolute Gasteiger partial charge is 0.321 e. The summed E-state index contributed by atoms with van der Waals surface area (Å²) in [5.74, 6) is -0.902. The minimum absolute atomic E-state index is 0.0208. The van der Waals surface area contributed by atoms with E-state index >= 15 is 0 Å². The predicted octanol–water partition coefficient (Wildman–Crippen LogP) is 0.190. The van der Waals surface area contributed by atoms with Crippen LogP contribution in [0.3, 0.4) is 0 Å². The maximum absolute atomic E-state index is 12.6. The Morgan fingerprint density at radius 3 is 2.75 bits per heavy atom. The lowest BCUT2D eigenvalue weighted by atomic mass is 10.1. The van der Waals surface area contributed by atoms with Gasteiger partial charge in [-0.15, -0.1) is 0 Å². The van der Waals surface area contributed by atoms with E-state index in [9.17, 15) is 22.8 Å². The number of likely N-dealkylation sites (tertiary alicyclic amines) is 1. The van der Waals surface area contributed by atoms with Gasteiger partial charge < -0.3 is 15.5 Å². The zero-order chi connectivity index (χ0) is 19.9. The molecule has 9 nitrogen and oxygen atoms in total. The van der Waals surface area contributed by atoms with Crippen LogP contribution in [0.15, 0.2) is 24.3 Å². The molecule has 2 N–H and O–H groups in total. The molecular weight excluding hydrogens is 384 g/mol. The Kier molecular flexibility index (Phi) is 4.74. The van der Waals surface area contributed by atoms with Crippen LogP contribution in [0.25, 0.3) is 0 Å². The summed E-state index contributed by atoms with van der Waals surface area (Å²) in [7, 11) is -3.09. The Morgan fingerprint density at radius 2 is 2.07 bits per heavy atom. The minimum atomic E-state index is -3.09. The van der Waals surface area contributed by atoms with Gasteiger partial charge in [-0.3, -0.25) is 14.5 Å². The summed E-state index contributed by atoms with van der Waals surface area (Å²) in [6.07, 6.45) is 0.513. The van der Waals surface area contributed by atoms with E-state index in [1.807, 2.05) is 0 Å². The van der Waals surface area contributed by atoms with Gasteiger partial charge in [0.25, 0.3) is 0 Å². The monoisotopic (exact) mass is 406 g/mol. The Morgan fingerprint density at radius 1 is 1.25 bits per heavy atom. The molecule has 4 rings (SSSR count). The van der Waals surface area contributed by atoms with Crippen LogP contribution in [0.2, 0.25) is 0 Å². The number of amides is 4. The van der Waals surface area contributed by atoms with Crippen LogP contribution < -0.4 is 15.5 Å². The molecule has 3 saturated heterocycles. The highest BCUT2D eigenvalue weighted by atomic mass is 32.2. The number of hydrogen-bond acceptors (Lipinski definition) is 5. The van der Waals surface area contributed by atoms with Crippen LogP contribution in [0.4, 0.5) is 16.2 Å². The largest absolute Gasteiger partial charge is 0.338 e. The van der Waals surface area contributed by atoms with Gasteiger partial charge in [-0.25, -0.2) is 13.2 Å². The van der Waals surface area contributed by atoms with Crippen molar-refractivity contribution in [1.82, 2.24) is 10.2 Å². The minimum Gasteiger partial charge on any atom is -0.338 e. The van der Waals surface area contributed by atoms with Gasteiger partial charge in [0.05, 0.1) is 17.4 Å². The SMILES string of the molecule is O=C(Nc1cccc(N2CCNC2=O)c1)[C@H]1CC(=O)N([C@@H]2CCS(=O)(=O)C2)C1. The van der Waals surface area contributed by atoms with Gasteiger partial charge in [0.2, 0.25) is 11.8 Å². The molecule has 10 heteroatoms. The first-order valence-corrected chi connectivity index (χ1v) is 11.1. The third-order valence-electron chi connectivity index (χ3n) is 5.46. The second kappa shape index (κ2) is 7.08. The summed E-state index contributed by atoms with van der Waals surface area (Å²) in [5, 5.41) is 5.55. The van der Waals surface area contributed by atoms with Crippen LogP contribution in [0.1, 0.15) is 12.8 Å². The number of benzene rings is 1. The highest BCUT2D eigenvalue weighted by Gasteiger charge is 2.41. The molecule has 1 aromatic carbocycles. The predicted molar refractivity (Wildman–Crippen MR) is 103 cm³/mol. The molecule has 0 saturated carbocycles. The number of hydrogen-bond donors (Lipinski definition) is 2. The Balaban J connectivity index is 1.40. The second-order valence-electron chi connectivity index (χ2n) is 7.43. The Hall–Kier alpha value is -2.62. The fourth-order valence-corrected chi connectivity index (χ4v) is 5.73. The second-order valence-corrected chi connectivity index (χ2v) is 9.66. The molecule has 2 atom stereocenters. The number of carbonyl (C=O) groups is 3. The molecule has 0 bridgehead atoms.